The lowest BCUT2D eigenvalue weighted by Crippen LogP contribution is -2.52. The van der Waals surface area contributed by atoms with Gasteiger partial charge in [-0.3, -0.25) is 0 Å². The SMILES string of the molecule is CC(C)(C)C1CN(c2cc(Cl)cc(C(=O)O)c2)C1. The largest absolute Gasteiger partial charge is 0.478 e. The molecule has 0 saturated carbocycles. The number of carboxylic acid groups (broad SMARTS) is 1. The third-order valence-electron chi connectivity index (χ3n) is 3.60. The second-order valence-corrected chi connectivity index (χ2v) is 6.41. The summed E-state index contributed by atoms with van der Waals surface area (Å²) in [6.07, 6.45) is 0. The Balaban J connectivity index is 2.15. The van der Waals surface area contributed by atoms with Crippen LogP contribution in [0.25, 0.3) is 0 Å². The highest BCUT2D eigenvalue weighted by Gasteiger charge is 2.36. The van der Waals surface area contributed by atoms with Gasteiger partial charge in [-0.25, -0.2) is 4.79 Å². The first-order valence-corrected chi connectivity index (χ1v) is 6.44. The van der Waals surface area contributed by atoms with Crippen molar-refractivity contribution in [1.29, 1.82) is 0 Å². The van der Waals surface area contributed by atoms with E-state index in [0.29, 0.717) is 16.4 Å². The zero-order valence-corrected chi connectivity index (χ0v) is 11.7. The van der Waals surface area contributed by atoms with E-state index in [9.17, 15) is 4.79 Å². The number of halogens is 1. The van der Waals surface area contributed by atoms with Gasteiger partial charge in [0.25, 0.3) is 0 Å². The molecular formula is C14H18ClNO2. The Labute approximate surface area is 112 Å². The van der Waals surface area contributed by atoms with Gasteiger partial charge in [0.15, 0.2) is 0 Å². The molecule has 0 atom stereocenters. The summed E-state index contributed by atoms with van der Waals surface area (Å²) < 4.78 is 0. The van der Waals surface area contributed by atoms with Gasteiger partial charge >= 0.3 is 5.97 Å². The van der Waals surface area contributed by atoms with E-state index in [1.807, 2.05) is 6.07 Å². The molecule has 1 aliphatic rings. The van der Waals surface area contributed by atoms with Gasteiger partial charge in [-0.15, -0.1) is 0 Å². The molecule has 1 aromatic carbocycles. The summed E-state index contributed by atoms with van der Waals surface area (Å²) in [5, 5.41) is 9.49. The highest BCUT2D eigenvalue weighted by Crippen LogP contribution is 2.37. The Bertz CT molecular complexity index is 473. The van der Waals surface area contributed by atoms with Crippen LogP contribution in [-0.4, -0.2) is 24.2 Å². The number of anilines is 1. The average Bonchev–Trinajstić information content (AvgIpc) is 2.11. The Morgan fingerprint density at radius 3 is 2.44 bits per heavy atom. The Morgan fingerprint density at radius 1 is 1.33 bits per heavy atom. The summed E-state index contributed by atoms with van der Waals surface area (Å²) in [5.41, 5.74) is 1.45. The van der Waals surface area contributed by atoms with Crippen molar-refractivity contribution in [3.8, 4) is 0 Å². The van der Waals surface area contributed by atoms with Gasteiger partial charge in [-0.2, -0.15) is 0 Å². The maximum absolute atomic E-state index is 11.0. The van der Waals surface area contributed by atoms with Crippen LogP contribution in [0.4, 0.5) is 5.69 Å². The van der Waals surface area contributed by atoms with E-state index < -0.39 is 5.97 Å². The second-order valence-electron chi connectivity index (χ2n) is 5.97. The zero-order valence-electron chi connectivity index (χ0n) is 10.9. The minimum atomic E-state index is -0.938. The summed E-state index contributed by atoms with van der Waals surface area (Å²) in [4.78, 5) is 13.2. The van der Waals surface area contributed by atoms with Crippen molar-refractivity contribution < 1.29 is 9.90 Å². The predicted molar refractivity (Wildman–Crippen MR) is 73.6 cm³/mol. The molecule has 98 valence electrons. The molecule has 4 heteroatoms. The molecular weight excluding hydrogens is 250 g/mol. The summed E-state index contributed by atoms with van der Waals surface area (Å²) in [6, 6.07) is 4.99. The van der Waals surface area contributed by atoms with Crippen LogP contribution in [0.3, 0.4) is 0 Å². The van der Waals surface area contributed by atoms with Crippen LogP contribution in [-0.2, 0) is 0 Å². The van der Waals surface area contributed by atoms with Crippen LogP contribution in [0.15, 0.2) is 18.2 Å². The number of benzene rings is 1. The van der Waals surface area contributed by atoms with E-state index in [1.54, 1.807) is 6.07 Å². The molecule has 0 bridgehead atoms. The minimum absolute atomic E-state index is 0.247. The van der Waals surface area contributed by atoms with E-state index in [4.69, 9.17) is 16.7 Å². The lowest BCUT2D eigenvalue weighted by molar-refractivity contribution is 0.0697. The molecule has 1 aliphatic heterocycles. The molecule has 1 fully saturated rings. The molecule has 1 aromatic rings. The molecule has 0 amide bonds. The number of nitrogens with zero attached hydrogens (tertiary/aromatic N) is 1. The van der Waals surface area contributed by atoms with E-state index in [-0.39, 0.29) is 5.56 Å². The van der Waals surface area contributed by atoms with Gasteiger partial charge < -0.3 is 10.0 Å². The van der Waals surface area contributed by atoms with Crippen molar-refractivity contribution >= 4 is 23.3 Å². The number of carbonyl (C=O) groups is 1. The topological polar surface area (TPSA) is 40.5 Å². The molecule has 1 heterocycles. The number of hydrogen-bond acceptors (Lipinski definition) is 2. The van der Waals surface area contributed by atoms with Crippen molar-refractivity contribution in [1.82, 2.24) is 0 Å². The van der Waals surface area contributed by atoms with E-state index in [0.717, 1.165) is 18.8 Å². The summed E-state index contributed by atoms with van der Waals surface area (Å²) in [7, 11) is 0. The molecule has 1 N–H and O–H groups in total. The lowest BCUT2D eigenvalue weighted by Gasteiger charge is -2.47. The van der Waals surface area contributed by atoms with Crippen LogP contribution in [0.5, 0.6) is 0 Å². The van der Waals surface area contributed by atoms with Gasteiger partial charge in [0.05, 0.1) is 5.56 Å². The number of rotatable bonds is 2. The third kappa shape index (κ3) is 2.61. The Morgan fingerprint density at radius 2 is 1.94 bits per heavy atom. The molecule has 2 rings (SSSR count). The standard InChI is InChI=1S/C14H18ClNO2/c1-14(2,3)10-7-16(8-10)12-5-9(13(17)18)4-11(15)6-12/h4-6,10H,7-8H2,1-3H3,(H,17,18). The second kappa shape index (κ2) is 4.47. The highest BCUT2D eigenvalue weighted by atomic mass is 35.5. The van der Waals surface area contributed by atoms with Crippen molar-refractivity contribution in [3.63, 3.8) is 0 Å². The first kappa shape index (κ1) is 13.2. The smallest absolute Gasteiger partial charge is 0.335 e. The zero-order chi connectivity index (χ0) is 13.5. The van der Waals surface area contributed by atoms with Crippen molar-refractivity contribution in [3.05, 3.63) is 28.8 Å². The summed E-state index contributed by atoms with van der Waals surface area (Å²) in [6.45, 7) is 8.62. The maximum atomic E-state index is 11.0. The van der Waals surface area contributed by atoms with Crippen LogP contribution >= 0.6 is 11.6 Å². The number of hydrogen-bond donors (Lipinski definition) is 1. The molecule has 0 radical (unpaired) electrons. The molecule has 0 unspecified atom stereocenters. The van der Waals surface area contributed by atoms with Crippen LogP contribution in [0.1, 0.15) is 31.1 Å². The van der Waals surface area contributed by atoms with Gasteiger partial charge in [0.2, 0.25) is 0 Å². The van der Waals surface area contributed by atoms with E-state index >= 15 is 0 Å². The molecule has 3 nitrogen and oxygen atoms in total. The van der Waals surface area contributed by atoms with Crippen LogP contribution in [0.2, 0.25) is 5.02 Å². The molecule has 1 saturated heterocycles. The summed E-state index contributed by atoms with van der Waals surface area (Å²) >= 11 is 5.96. The minimum Gasteiger partial charge on any atom is -0.478 e. The van der Waals surface area contributed by atoms with Crippen LogP contribution < -0.4 is 4.90 Å². The number of carboxylic acids is 1. The first-order chi connectivity index (χ1) is 8.27. The van der Waals surface area contributed by atoms with Gasteiger partial charge in [0, 0.05) is 23.8 Å². The van der Waals surface area contributed by atoms with Crippen molar-refractivity contribution in [2.24, 2.45) is 11.3 Å². The molecule has 0 aliphatic carbocycles. The molecule has 0 aromatic heterocycles. The fraction of sp³-hybridized carbons (Fsp3) is 0.500. The average molecular weight is 268 g/mol. The normalized spacial score (nSPS) is 16.6. The fourth-order valence-electron chi connectivity index (χ4n) is 2.12. The van der Waals surface area contributed by atoms with Crippen molar-refractivity contribution in [2.45, 2.75) is 20.8 Å². The third-order valence-corrected chi connectivity index (χ3v) is 3.82. The number of aromatic carboxylic acids is 1. The van der Waals surface area contributed by atoms with Gasteiger partial charge in [-0.1, -0.05) is 32.4 Å². The highest BCUT2D eigenvalue weighted by molar-refractivity contribution is 6.31. The van der Waals surface area contributed by atoms with Crippen molar-refractivity contribution in [2.75, 3.05) is 18.0 Å². The van der Waals surface area contributed by atoms with E-state index in [2.05, 4.69) is 25.7 Å². The Kier molecular flexibility index (Phi) is 3.28. The molecule has 18 heavy (non-hydrogen) atoms. The molecule has 0 spiro atoms. The fourth-order valence-corrected chi connectivity index (χ4v) is 2.35. The first-order valence-electron chi connectivity index (χ1n) is 6.06. The lowest BCUT2D eigenvalue weighted by atomic mass is 9.76. The summed E-state index contributed by atoms with van der Waals surface area (Å²) in [5.74, 6) is -0.295. The van der Waals surface area contributed by atoms with Gasteiger partial charge in [0.1, 0.15) is 0 Å². The van der Waals surface area contributed by atoms with Crippen LogP contribution in [0, 0.1) is 11.3 Å². The monoisotopic (exact) mass is 267 g/mol. The predicted octanol–water partition coefficient (Wildman–Crippen LogP) is 3.52. The van der Waals surface area contributed by atoms with E-state index in [1.165, 1.54) is 6.07 Å². The quantitative estimate of drug-likeness (QED) is 0.891. The van der Waals surface area contributed by atoms with Gasteiger partial charge in [-0.05, 0) is 29.5 Å². The maximum Gasteiger partial charge on any atom is 0.335 e. The Hall–Kier alpha value is -1.22.